The van der Waals surface area contributed by atoms with Crippen LogP contribution in [0, 0.1) is 0 Å². The van der Waals surface area contributed by atoms with Gasteiger partial charge >= 0.3 is 5.97 Å². The van der Waals surface area contributed by atoms with Gasteiger partial charge in [-0.2, -0.15) is 0 Å². The van der Waals surface area contributed by atoms with Crippen molar-refractivity contribution in [2.24, 2.45) is 0 Å². The number of benzene rings is 2. The molecule has 0 aromatic heterocycles. The molecule has 6 heteroatoms. The Morgan fingerprint density at radius 2 is 1.58 bits per heavy atom. The third kappa shape index (κ3) is 4.14. The number of ether oxygens (including phenoxy) is 1. The molecule has 2 aromatic carbocycles. The number of aliphatic carboxylic acids is 1. The molecule has 1 N–H and O–H groups in total. The summed E-state index contributed by atoms with van der Waals surface area (Å²) >= 11 is 0. The van der Waals surface area contributed by atoms with Crippen molar-refractivity contribution in [3.63, 3.8) is 0 Å². The summed E-state index contributed by atoms with van der Waals surface area (Å²) in [6, 6.07) is 16.5. The Kier molecular flexibility index (Phi) is 5.29. The number of carboxylic acid groups (broad SMARTS) is 1. The summed E-state index contributed by atoms with van der Waals surface area (Å²) in [5, 5.41) is 9.26. The lowest BCUT2D eigenvalue weighted by Gasteiger charge is -2.22. The molecule has 0 aliphatic rings. The van der Waals surface area contributed by atoms with Gasteiger partial charge in [-0.1, -0.05) is 30.3 Å². The van der Waals surface area contributed by atoms with Crippen LogP contribution in [0.4, 0.5) is 0 Å². The topological polar surface area (TPSA) is 80.7 Å². The van der Waals surface area contributed by atoms with Gasteiger partial charge in [-0.3, -0.25) is 4.79 Å². The smallest absolute Gasteiger partial charge is 0.324 e. The molecule has 0 spiro atoms. The van der Waals surface area contributed by atoms with E-state index in [-0.39, 0.29) is 6.42 Å². The lowest BCUT2D eigenvalue weighted by Crippen LogP contribution is -2.43. The van der Waals surface area contributed by atoms with Crippen molar-refractivity contribution < 1.29 is 23.1 Å². The number of carboxylic acids is 1. The van der Waals surface area contributed by atoms with E-state index < -0.39 is 20.6 Å². The SMILES string of the molecule is CC(CCc1ccc(Oc2ccccc2)cc1)(C(=O)O)S(C)(=O)=O. The van der Waals surface area contributed by atoms with Crippen molar-refractivity contribution in [1.82, 2.24) is 0 Å². The van der Waals surface area contributed by atoms with Gasteiger partial charge in [-0.15, -0.1) is 0 Å². The van der Waals surface area contributed by atoms with Gasteiger partial charge < -0.3 is 9.84 Å². The van der Waals surface area contributed by atoms with Crippen LogP contribution in [0.5, 0.6) is 11.5 Å². The molecule has 0 bridgehead atoms. The number of sulfone groups is 1. The first-order chi connectivity index (χ1) is 11.2. The number of aryl methyl sites for hydroxylation is 1. The highest BCUT2D eigenvalue weighted by Gasteiger charge is 2.43. The highest BCUT2D eigenvalue weighted by atomic mass is 32.2. The molecular formula is C18H20O5S. The largest absolute Gasteiger partial charge is 0.480 e. The van der Waals surface area contributed by atoms with Gasteiger partial charge in [0.05, 0.1) is 0 Å². The number of hydrogen-bond acceptors (Lipinski definition) is 4. The van der Waals surface area contributed by atoms with E-state index in [9.17, 15) is 18.3 Å². The van der Waals surface area contributed by atoms with Gasteiger partial charge in [0, 0.05) is 6.26 Å². The molecule has 0 saturated heterocycles. The number of hydrogen-bond donors (Lipinski definition) is 1. The Morgan fingerprint density at radius 3 is 2.08 bits per heavy atom. The zero-order chi connectivity index (χ0) is 17.8. The molecule has 1 unspecified atom stereocenters. The molecule has 1 atom stereocenters. The highest BCUT2D eigenvalue weighted by Crippen LogP contribution is 2.25. The van der Waals surface area contributed by atoms with Crippen molar-refractivity contribution in [3.05, 3.63) is 60.2 Å². The molecular weight excluding hydrogens is 328 g/mol. The Morgan fingerprint density at radius 1 is 1.04 bits per heavy atom. The molecule has 2 rings (SSSR count). The first-order valence-corrected chi connectivity index (χ1v) is 9.36. The van der Waals surface area contributed by atoms with E-state index in [0.29, 0.717) is 12.2 Å². The zero-order valence-corrected chi connectivity index (χ0v) is 14.4. The molecule has 0 fully saturated rings. The molecule has 0 radical (unpaired) electrons. The van der Waals surface area contributed by atoms with Crippen LogP contribution in [-0.4, -0.2) is 30.5 Å². The van der Waals surface area contributed by atoms with E-state index in [1.165, 1.54) is 6.92 Å². The van der Waals surface area contributed by atoms with Crippen molar-refractivity contribution in [2.75, 3.05) is 6.26 Å². The van der Waals surface area contributed by atoms with E-state index in [2.05, 4.69) is 0 Å². The summed E-state index contributed by atoms with van der Waals surface area (Å²) in [6.45, 7) is 1.25. The lowest BCUT2D eigenvalue weighted by molar-refractivity contribution is -0.139. The molecule has 0 heterocycles. The average Bonchev–Trinajstić information content (AvgIpc) is 2.53. The van der Waals surface area contributed by atoms with Crippen molar-refractivity contribution in [1.29, 1.82) is 0 Å². The quantitative estimate of drug-likeness (QED) is 0.830. The fraction of sp³-hybridized carbons (Fsp3) is 0.278. The Hall–Kier alpha value is -2.34. The van der Waals surface area contributed by atoms with Crippen LogP contribution in [-0.2, 0) is 21.1 Å². The fourth-order valence-electron chi connectivity index (χ4n) is 2.18. The van der Waals surface area contributed by atoms with E-state index in [0.717, 1.165) is 17.6 Å². The van der Waals surface area contributed by atoms with Crippen molar-refractivity contribution >= 4 is 15.8 Å². The maximum atomic E-state index is 11.8. The van der Waals surface area contributed by atoms with Crippen LogP contribution in [0.15, 0.2) is 54.6 Å². The minimum atomic E-state index is -3.71. The summed E-state index contributed by atoms with van der Waals surface area (Å²) in [5.74, 6) is 0.0591. The van der Waals surface area contributed by atoms with Crippen LogP contribution >= 0.6 is 0 Å². The van der Waals surface area contributed by atoms with E-state index in [1.807, 2.05) is 42.5 Å². The maximum absolute atomic E-state index is 11.8. The third-order valence-electron chi connectivity index (χ3n) is 4.06. The fourth-order valence-corrected chi connectivity index (χ4v) is 2.97. The zero-order valence-electron chi connectivity index (χ0n) is 13.6. The highest BCUT2D eigenvalue weighted by molar-refractivity contribution is 7.92. The van der Waals surface area contributed by atoms with E-state index >= 15 is 0 Å². The summed E-state index contributed by atoms with van der Waals surface area (Å²) in [6.07, 6.45) is 1.32. The molecule has 0 aliphatic carbocycles. The lowest BCUT2D eigenvalue weighted by atomic mass is 10.0. The van der Waals surface area contributed by atoms with Gasteiger partial charge in [0.1, 0.15) is 11.5 Å². The molecule has 128 valence electrons. The second-order valence-corrected chi connectivity index (χ2v) is 8.31. The first-order valence-electron chi connectivity index (χ1n) is 7.47. The number of para-hydroxylation sites is 1. The van der Waals surface area contributed by atoms with Crippen LogP contribution in [0.2, 0.25) is 0 Å². The Labute approximate surface area is 141 Å². The molecule has 0 saturated carbocycles. The minimum Gasteiger partial charge on any atom is -0.480 e. The predicted molar refractivity (Wildman–Crippen MR) is 92.2 cm³/mol. The number of rotatable bonds is 7. The van der Waals surface area contributed by atoms with Crippen LogP contribution < -0.4 is 4.74 Å². The Balaban J connectivity index is 2.05. The second-order valence-electron chi connectivity index (χ2n) is 5.87. The first kappa shape index (κ1) is 18.0. The predicted octanol–water partition coefficient (Wildman–Crippen LogP) is 3.30. The standard InChI is InChI=1S/C18H20O5S/c1-18(17(19)20,24(2,21)22)13-12-14-8-10-16(11-9-14)23-15-6-4-3-5-7-15/h3-11H,12-13H2,1-2H3,(H,19,20). The molecule has 24 heavy (non-hydrogen) atoms. The summed E-state index contributed by atoms with van der Waals surface area (Å²) in [5.41, 5.74) is 0.853. The maximum Gasteiger partial charge on any atom is 0.324 e. The molecule has 0 amide bonds. The van der Waals surface area contributed by atoms with Crippen LogP contribution in [0.1, 0.15) is 18.9 Å². The van der Waals surface area contributed by atoms with Crippen LogP contribution in [0.3, 0.4) is 0 Å². The molecule has 2 aromatic rings. The van der Waals surface area contributed by atoms with E-state index in [1.54, 1.807) is 12.1 Å². The van der Waals surface area contributed by atoms with Crippen molar-refractivity contribution in [2.45, 2.75) is 24.5 Å². The second kappa shape index (κ2) is 7.05. The van der Waals surface area contributed by atoms with Crippen LogP contribution in [0.25, 0.3) is 0 Å². The summed E-state index contributed by atoms with van der Waals surface area (Å²) < 4.78 is 27.4. The third-order valence-corrected chi connectivity index (χ3v) is 6.08. The van der Waals surface area contributed by atoms with Gasteiger partial charge in [0.25, 0.3) is 0 Å². The van der Waals surface area contributed by atoms with Gasteiger partial charge in [0.15, 0.2) is 14.6 Å². The van der Waals surface area contributed by atoms with E-state index in [4.69, 9.17) is 4.74 Å². The van der Waals surface area contributed by atoms with Gasteiger partial charge in [0.2, 0.25) is 0 Å². The minimum absolute atomic E-state index is 0.0139. The van der Waals surface area contributed by atoms with Gasteiger partial charge in [-0.25, -0.2) is 8.42 Å². The van der Waals surface area contributed by atoms with Crippen molar-refractivity contribution in [3.8, 4) is 11.5 Å². The summed E-state index contributed by atoms with van der Waals surface area (Å²) in [4.78, 5) is 11.3. The van der Waals surface area contributed by atoms with Gasteiger partial charge in [-0.05, 0) is 49.6 Å². The molecule has 0 aliphatic heterocycles. The Bertz CT molecular complexity index is 797. The number of carbonyl (C=O) groups is 1. The monoisotopic (exact) mass is 348 g/mol. The summed E-state index contributed by atoms with van der Waals surface area (Å²) in [7, 11) is -3.71. The molecule has 5 nitrogen and oxygen atoms in total. The normalized spacial score (nSPS) is 13.9. The average molecular weight is 348 g/mol.